The van der Waals surface area contributed by atoms with Crippen molar-refractivity contribution < 1.29 is 18.8 Å². The number of carbonyl (C=O) groups is 2. The van der Waals surface area contributed by atoms with Gasteiger partial charge in [0, 0.05) is 39.3 Å². The summed E-state index contributed by atoms with van der Waals surface area (Å²) in [5, 5.41) is 2.97. The monoisotopic (exact) mass is 579 g/mol. The van der Waals surface area contributed by atoms with Gasteiger partial charge in [0.1, 0.15) is 0 Å². The number of anilines is 1. The molecule has 41 heavy (non-hydrogen) atoms. The molecule has 0 aliphatic carbocycles. The van der Waals surface area contributed by atoms with Crippen LogP contribution in [0.3, 0.4) is 0 Å². The molecular formula is C31H45N5O4Si. The van der Waals surface area contributed by atoms with Crippen LogP contribution < -0.4 is 5.32 Å². The first-order valence-electron chi connectivity index (χ1n) is 14.8. The summed E-state index contributed by atoms with van der Waals surface area (Å²) in [6.45, 7) is 17.4. The fraction of sp³-hybridized carbons (Fsp3) is 0.581. The third kappa shape index (κ3) is 7.17. The van der Waals surface area contributed by atoms with Crippen LogP contribution in [-0.4, -0.2) is 92.0 Å². The first kappa shape index (κ1) is 29.7. The maximum Gasteiger partial charge on any atom is 0.320 e. The summed E-state index contributed by atoms with van der Waals surface area (Å²) in [7, 11) is -2.04. The van der Waals surface area contributed by atoms with Gasteiger partial charge in [-0.25, -0.2) is 4.79 Å². The highest BCUT2D eigenvalue weighted by atomic mass is 28.4. The van der Waals surface area contributed by atoms with Gasteiger partial charge >= 0.3 is 6.03 Å². The Kier molecular flexibility index (Phi) is 8.84. The van der Waals surface area contributed by atoms with Crippen molar-refractivity contribution in [3.05, 3.63) is 59.4 Å². The van der Waals surface area contributed by atoms with E-state index in [1.165, 1.54) is 11.1 Å². The minimum Gasteiger partial charge on any atom is -0.411 e. The van der Waals surface area contributed by atoms with E-state index in [1.807, 2.05) is 21.9 Å². The number of benzene rings is 1. The number of pyridine rings is 1. The molecule has 3 amide bonds. The van der Waals surface area contributed by atoms with Crippen LogP contribution >= 0.6 is 0 Å². The number of carbonyl (C=O) groups excluding carboxylic acids is 2. The number of nitrogens with one attached hydrogen (secondary N) is 1. The fourth-order valence-corrected chi connectivity index (χ4v) is 6.67. The highest BCUT2D eigenvalue weighted by Gasteiger charge is 2.41. The number of fused-ring (bicyclic) bond motifs is 1. The lowest BCUT2D eigenvalue weighted by molar-refractivity contribution is -0.133. The van der Waals surface area contributed by atoms with Crippen molar-refractivity contribution in [2.75, 3.05) is 51.3 Å². The van der Waals surface area contributed by atoms with E-state index in [0.29, 0.717) is 45.1 Å². The Balaban J connectivity index is 1.20. The predicted molar refractivity (Wildman–Crippen MR) is 162 cm³/mol. The Bertz CT molecular complexity index is 1230. The highest BCUT2D eigenvalue weighted by molar-refractivity contribution is 6.74. The molecule has 5 rings (SSSR count). The molecule has 2 fully saturated rings. The number of hydrogen-bond donors (Lipinski definition) is 1. The second-order valence-electron chi connectivity index (χ2n) is 13.2. The minimum absolute atomic E-state index is 0.0296. The van der Waals surface area contributed by atoms with Crippen molar-refractivity contribution in [2.45, 2.75) is 64.5 Å². The van der Waals surface area contributed by atoms with Gasteiger partial charge in [-0.15, -0.1) is 0 Å². The van der Waals surface area contributed by atoms with Gasteiger partial charge in [-0.2, -0.15) is 0 Å². The lowest BCUT2D eigenvalue weighted by atomic mass is 10.00. The summed E-state index contributed by atoms with van der Waals surface area (Å²) in [4.78, 5) is 36.4. The van der Waals surface area contributed by atoms with E-state index in [2.05, 4.69) is 73.3 Å². The van der Waals surface area contributed by atoms with Gasteiger partial charge in [0.2, 0.25) is 5.91 Å². The van der Waals surface area contributed by atoms with Crippen LogP contribution in [0.25, 0.3) is 0 Å². The van der Waals surface area contributed by atoms with Gasteiger partial charge in [0.05, 0.1) is 49.4 Å². The number of amides is 3. The van der Waals surface area contributed by atoms with Crippen LogP contribution in [0.5, 0.6) is 0 Å². The number of urea groups is 1. The second kappa shape index (κ2) is 12.2. The minimum atomic E-state index is -2.04. The van der Waals surface area contributed by atoms with Gasteiger partial charge in [-0.05, 0) is 47.8 Å². The largest absolute Gasteiger partial charge is 0.411 e. The lowest BCUT2D eigenvalue weighted by Gasteiger charge is -2.42. The maximum atomic E-state index is 13.5. The van der Waals surface area contributed by atoms with E-state index in [4.69, 9.17) is 9.16 Å². The molecule has 0 radical (unpaired) electrons. The molecule has 1 atom stereocenters. The summed E-state index contributed by atoms with van der Waals surface area (Å²) < 4.78 is 12.1. The summed E-state index contributed by atoms with van der Waals surface area (Å²) in [6, 6.07) is 12.4. The molecule has 1 unspecified atom stereocenters. The number of rotatable bonds is 10. The molecule has 1 aromatic heterocycles. The lowest BCUT2D eigenvalue weighted by Crippen LogP contribution is -2.51. The van der Waals surface area contributed by atoms with Crippen LogP contribution in [0, 0.1) is 5.92 Å². The zero-order valence-electron chi connectivity index (χ0n) is 25.2. The molecule has 9 nitrogen and oxygen atoms in total. The average molecular weight is 580 g/mol. The van der Waals surface area contributed by atoms with Crippen LogP contribution in [0.1, 0.15) is 37.6 Å². The summed E-state index contributed by atoms with van der Waals surface area (Å²) in [6.07, 6.45) is 2.65. The quantitative estimate of drug-likeness (QED) is 0.421. The zero-order valence-corrected chi connectivity index (χ0v) is 26.2. The van der Waals surface area contributed by atoms with Crippen LogP contribution in [0.15, 0.2) is 42.6 Å². The average Bonchev–Trinajstić information content (AvgIpc) is 3.21. The van der Waals surface area contributed by atoms with E-state index in [1.54, 1.807) is 6.20 Å². The number of aromatic nitrogens is 1. The molecule has 2 saturated heterocycles. The molecule has 3 aliphatic rings. The van der Waals surface area contributed by atoms with E-state index in [9.17, 15) is 9.59 Å². The third-order valence-electron chi connectivity index (χ3n) is 9.00. The zero-order chi connectivity index (χ0) is 29.2. The Hall–Kier alpha value is -2.79. The molecule has 3 aliphatic heterocycles. The van der Waals surface area contributed by atoms with Crippen molar-refractivity contribution in [3.63, 3.8) is 0 Å². The Morgan fingerprint density at radius 3 is 2.46 bits per heavy atom. The van der Waals surface area contributed by atoms with Gasteiger partial charge in [-0.1, -0.05) is 45.0 Å². The SMILES string of the molecule is CC(C)(C)[Si](C)(C)OC(CN1CCc2ccccc2C1)CN1CCN(Cc2ccc(NC(=O)C3COC3)cn2)C1=O. The van der Waals surface area contributed by atoms with Crippen molar-refractivity contribution in [3.8, 4) is 0 Å². The van der Waals surface area contributed by atoms with E-state index < -0.39 is 8.32 Å². The molecule has 4 heterocycles. The molecule has 2 aromatic rings. The van der Waals surface area contributed by atoms with Crippen LogP contribution in [0.2, 0.25) is 18.1 Å². The van der Waals surface area contributed by atoms with Gasteiger partial charge in [-0.3, -0.25) is 14.7 Å². The van der Waals surface area contributed by atoms with Gasteiger partial charge in [0.15, 0.2) is 8.32 Å². The standard InChI is InChI=1S/C31H45N5O4Si/c1-31(2,3)41(4,5)40-28(19-34-13-12-23-8-6-7-9-24(23)17-34)20-36-15-14-35(30(36)38)18-27-11-10-26(16-32-27)33-29(37)25-21-39-22-25/h6-11,16,25,28H,12-15,17-22H2,1-5H3,(H,33,37). The maximum absolute atomic E-state index is 13.5. The predicted octanol–water partition coefficient (Wildman–Crippen LogP) is 4.35. The number of ether oxygens (including phenoxy) is 1. The molecule has 0 bridgehead atoms. The van der Waals surface area contributed by atoms with Crippen molar-refractivity contribution in [1.82, 2.24) is 19.7 Å². The first-order valence-corrected chi connectivity index (χ1v) is 17.7. The van der Waals surface area contributed by atoms with Crippen molar-refractivity contribution in [2.24, 2.45) is 5.92 Å². The molecule has 1 N–H and O–H groups in total. The summed E-state index contributed by atoms with van der Waals surface area (Å²) in [5.41, 5.74) is 4.29. The number of hydrogen-bond acceptors (Lipinski definition) is 6. The van der Waals surface area contributed by atoms with Gasteiger partial charge in [0.25, 0.3) is 0 Å². The highest BCUT2D eigenvalue weighted by Crippen LogP contribution is 2.37. The number of nitrogens with zero attached hydrogens (tertiary/aromatic N) is 4. The fourth-order valence-electron chi connectivity index (χ4n) is 5.34. The van der Waals surface area contributed by atoms with E-state index in [0.717, 1.165) is 31.7 Å². The third-order valence-corrected chi connectivity index (χ3v) is 13.5. The second-order valence-corrected chi connectivity index (χ2v) is 17.9. The molecule has 222 valence electrons. The smallest absolute Gasteiger partial charge is 0.320 e. The normalized spacial score (nSPS) is 19.2. The summed E-state index contributed by atoms with van der Waals surface area (Å²) in [5.74, 6) is -0.127. The van der Waals surface area contributed by atoms with Gasteiger partial charge < -0.3 is 24.3 Å². The van der Waals surface area contributed by atoms with E-state index in [-0.39, 0.29) is 29.0 Å². The van der Waals surface area contributed by atoms with Crippen molar-refractivity contribution in [1.29, 1.82) is 0 Å². The van der Waals surface area contributed by atoms with Crippen molar-refractivity contribution >= 4 is 25.9 Å². The molecule has 0 spiro atoms. The van der Waals surface area contributed by atoms with Crippen LogP contribution in [-0.2, 0) is 33.5 Å². The Morgan fingerprint density at radius 1 is 1.07 bits per heavy atom. The Labute approximate surface area is 245 Å². The molecule has 0 saturated carbocycles. The molecule has 1 aromatic carbocycles. The summed E-state index contributed by atoms with van der Waals surface area (Å²) >= 11 is 0. The van der Waals surface area contributed by atoms with E-state index >= 15 is 0 Å². The molecule has 10 heteroatoms. The van der Waals surface area contributed by atoms with Crippen LogP contribution in [0.4, 0.5) is 10.5 Å². The first-order chi connectivity index (χ1) is 19.5. The molecular weight excluding hydrogens is 534 g/mol. The Morgan fingerprint density at radius 2 is 1.80 bits per heavy atom. The topological polar surface area (TPSA) is 87.2 Å².